The molecule has 0 radical (unpaired) electrons. The van der Waals surface area contributed by atoms with E-state index in [1.54, 1.807) is 28.4 Å². The number of carbonyl (C=O) groups is 8. The molecular formula is C107H146N4O24. The number of para-hydroxylation sites is 4. The summed E-state index contributed by atoms with van der Waals surface area (Å²) in [7, 11) is 22.0. The summed E-state index contributed by atoms with van der Waals surface area (Å²) in [5.41, 5.74) is 9.28. The molecule has 0 aliphatic rings. The van der Waals surface area contributed by atoms with Crippen molar-refractivity contribution >= 4 is 47.8 Å². The molecule has 0 aliphatic carbocycles. The van der Waals surface area contributed by atoms with Crippen molar-refractivity contribution in [2.24, 2.45) is 0 Å². The van der Waals surface area contributed by atoms with E-state index in [1.165, 1.54) is 22.3 Å². The van der Waals surface area contributed by atoms with Crippen LogP contribution < -0.4 is 37.9 Å². The molecule has 8 aromatic rings. The van der Waals surface area contributed by atoms with Crippen molar-refractivity contribution in [2.75, 3.05) is 137 Å². The molecule has 135 heavy (non-hydrogen) atoms. The molecule has 0 spiro atoms. The summed E-state index contributed by atoms with van der Waals surface area (Å²) >= 11 is 0. The molecule has 0 amide bonds. The second-order valence-electron chi connectivity index (χ2n) is 34.0. The third-order valence-corrected chi connectivity index (χ3v) is 21.3. The average molecular weight is 1870 g/mol. The number of hydrogen-bond acceptors (Lipinski definition) is 24. The molecule has 0 fully saturated rings. The molecule has 0 heterocycles. The Hall–Kier alpha value is -12.2. The van der Waals surface area contributed by atoms with Gasteiger partial charge in [0.2, 0.25) is 0 Å². The van der Waals surface area contributed by atoms with Crippen LogP contribution in [-0.2, 0) is 109 Å². The Morgan fingerprint density at radius 1 is 0.237 bits per heavy atom. The summed E-state index contributed by atoms with van der Waals surface area (Å²) in [5, 5.41) is 34.8. The number of nitrogens with zero attached hydrogens (tertiary/aromatic N) is 4. The highest BCUT2D eigenvalue weighted by Crippen LogP contribution is 2.28. The second-order valence-corrected chi connectivity index (χ2v) is 34.0. The number of aliphatic carboxylic acids is 4. The van der Waals surface area contributed by atoms with Gasteiger partial charge in [-0.15, -0.1) is 0 Å². The molecule has 0 saturated heterocycles. The quantitative estimate of drug-likeness (QED) is 0.0156. The van der Waals surface area contributed by atoms with Crippen LogP contribution in [0.3, 0.4) is 0 Å². The van der Waals surface area contributed by atoms with E-state index in [0.717, 1.165) is 120 Å². The minimum absolute atomic E-state index is 0.0603. The molecule has 4 N–H and O–H groups in total. The van der Waals surface area contributed by atoms with Crippen molar-refractivity contribution in [2.45, 2.75) is 198 Å². The lowest BCUT2D eigenvalue weighted by atomic mass is 10.0. The number of benzene rings is 8. The smallest absolute Gasteiger partial charge is 0.306 e. The summed E-state index contributed by atoms with van der Waals surface area (Å²) in [6.45, 7) is 3.25. The fourth-order valence-electron chi connectivity index (χ4n) is 14.2. The van der Waals surface area contributed by atoms with Crippen molar-refractivity contribution in [3.63, 3.8) is 0 Å². The highest BCUT2D eigenvalue weighted by Gasteiger charge is 2.24. The molecule has 738 valence electrons. The van der Waals surface area contributed by atoms with E-state index in [-0.39, 0.29) is 102 Å². The lowest BCUT2D eigenvalue weighted by Gasteiger charge is -2.22. The second kappa shape index (κ2) is 67.0. The minimum Gasteiger partial charge on any atom is -0.497 e. The van der Waals surface area contributed by atoms with Crippen LogP contribution in [0.5, 0.6) is 46.0 Å². The van der Waals surface area contributed by atoms with Crippen LogP contribution in [0.15, 0.2) is 194 Å². The van der Waals surface area contributed by atoms with Gasteiger partial charge in [0.15, 0.2) is 0 Å². The van der Waals surface area contributed by atoms with Crippen LogP contribution in [0.2, 0.25) is 0 Å². The van der Waals surface area contributed by atoms with E-state index in [2.05, 4.69) is 66.7 Å². The molecular weight excluding hydrogens is 1730 g/mol. The van der Waals surface area contributed by atoms with Gasteiger partial charge in [-0.3, -0.25) is 38.4 Å². The first-order valence-electron chi connectivity index (χ1n) is 46.6. The van der Waals surface area contributed by atoms with Crippen LogP contribution in [0, 0.1) is 0 Å². The van der Waals surface area contributed by atoms with Gasteiger partial charge >= 0.3 is 47.8 Å². The predicted octanol–water partition coefficient (Wildman–Crippen LogP) is 17.1. The minimum atomic E-state index is -0.854. The predicted molar refractivity (Wildman–Crippen MR) is 521 cm³/mol. The van der Waals surface area contributed by atoms with E-state index in [1.807, 2.05) is 203 Å². The molecule has 8 rings (SSSR count). The van der Waals surface area contributed by atoms with Crippen molar-refractivity contribution in [3.05, 3.63) is 239 Å². The maximum absolute atomic E-state index is 12.3. The monoisotopic (exact) mass is 1870 g/mol. The molecule has 4 atom stereocenters. The first kappa shape index (κ1) is 113. The number of unbranched alkanes of at least 4 members (excludes halogenated alkanes) is 7. The van der Waals surface area contributed by atoms with Crippen LogP contribution in [0.1, 0.15) is 167 Å². The lowest BCUT2D eigenvalue weighted by Crippen LogP contribution is -2.35. The van der Waals surface area contributed by atoms with Gasteiger partial charge in [0.05, 0.1) is 28.4 Å². The fourth-order valence-corrected chi connectivity index (χ4v) is 14.2. The van der Waals surface area contributed by atoms with Crippen LogP contribution in [-0.4, -0.2) is 250 Å². The summed E-state index contributed by atoms with van der Waals surface area (Å²) in [6.07, 6.45) is 13.3. The SMILES string of the molecule is COc1ccc(CCc2ccccc2OCC(CN(C)C)OC(=O)CCCCCC(=O)O)cc1.COc1ccc(CCc2ccccc2OC[C@@H](CN(C)C)OC(=O)CCCCCC(=O)O)cc1.COc1ccc(CCc2ccccc2OC[C@H](CN(C)C)OC(=O)CCCCC(=O)O)cc1.COc1ccc(CCc2ccccc2OC[C@H](CN(C)C)OC(=O)CCCCCC(=O)O)cc1. The Bertz CT molecular complexity index is 4330. The molecule has 0 saturated carbocycles. The molecule has 28 nitrogen and oxygen atoms in total. The molecule has 0 aromatic heterocycles. The number of carbonyl (C=O) groups excluding carboxylic acids is 4. The van der Waals surface area contributed by atoms with Crippen LogP contribution in [0.25, 0.3) is 0 Å². The zero-order valence-electron chi connectivity index (χ0n) is 81.3. The van der Waals surface area contributed by atoms with Crippen LogP contribution in [0.4, 0.5) is 0 Å². The Morgan fingerprint density at radius 2 is 0.415 bits per heavy atom. The van der Waals surface area contributed by atoms with Gasteiger partial charge < -0.3 is 96.9 Å². The van der Waals surface area contributed by atoms with E-state index >= 15 is 0 Å². The van der Waals surface area contributed by atoms with Crippen molar-refractivity contribution in [3.8, 4) is 46.0 Å². The van der Waals surface area contributed by atoms with Gasteiger partial charge in [0.25, 0.3) is 0 Å². The average Bonchev–Trinajstić information content (AvgIpc) is 0.879. The van der Waals surface area contributed by atoms with E-state index in [9.17, 15) is 38.4 Å². The lowest BCUT2D eigenvalue weighted by molar-refractivity contribution is -0.152. The molecule has 1 unspecified atom stereocenters. The third-order valence-electron chi connectivity index (χ3n) is 21.3. The van der Waals surface area contributed by atoms with E-state index in [0.29, 0.717) is 96.8 Å². The number of rotatable bonds is 63. The highest BCUT2D eigenvalue weighted by atomic mass is 16.6. The first-order valence-corrected chi connectivity index (χ1v) is 46.6. The van der Waals surface area contributed by atoms with Gasteiger partial charge in [-0.25, -0.2) is 0 Å². The Labute approximate surface area is 798 Å². The molecule has 0 aliphatic heterocycles. The standard InChI is InChI=1S/3C27H37NO6.C26H35NO6/c3*1-28(2)19-24(34-27(31)12-6-4-5-11-26(29)30)20-33-25-10-8-7-9-22(25)16-13-21-14-17-23(32-3)18-15-21;1-27(2)18-23(33-26(30)11-7-6-10-25(28)29)19-32-24-9-5-4-8-21(24)15-12-20-13-16-22(31-3)17-14-20/h3*7-10,14-15,17-18,24H,4-6,11-13,16,19-20H2,1-3H3,(H,29,30);4-5,8-9,13-14,16-17,23H,6-7,10-12,15,18-19H2,1-3H3,(H,28,29)/t2*24-;;23-/m10.0/s1. The van der Waals surface area contributed by atoms with Gasteiger partial charge in [-0.1, -0.05) is 141 Å². The normalized spacial score (nSPS) is 11.8. The van der Waals surface area contributed by atoms with E-state index < -0.39 is 48.3 Å². The van der Waals surface area contributed by atoms with Crippen molar-refractivity contribution in [1.29, 1.82) is 0 Å². The first-order chi connectivity index (χ1) is 65.0. The number of aryl methyl sites for hydroxylation is 8. The number of hydrogen-bond donors (Lipinski definition) is 4. The number of likely N-dealkylation sites (N-methyl/N-ethyl adjacent to an activating group) is 4. The topological polar surface area (TPSA) is 341 Å². The highest BCUT2D eigenvalue weighted by molar-refractivity contribution is 5.72. The summed E-state index contributed by atoms with van der Waals surface area (Å²) in [5.74, 6) is 2.08. The largest absolute Gasteiger partial charge is 0.497 e. The summed E-state index contributed by atoms with van der Waals surface area (Å²) in [4.78, 5) is 99.3. The van der Waals surface area contributed by atoms with Gasteiger partial charge in [-0.2, -0.15) is 0 Å². The maximum Gasteiger partial charge on any atom is 0.306 e. The molecule has 8 aromatic carbocycles. The number of carboxylic acids is 4. The zero-order valence-corrected chi connectivity index (χ0v) is 81.3. The fraction of sp³-hybridized carbons (Fsp3) is 0.477. The maximum atomic E-state index is 12.3. The van der Waals surface area contributed by atoms with E-state index in [4.69, 9.17) is 77.3 Å². The number of esters is 4. The van der Waals surface area contributed by atoms with Crippen molar-refractivity contribution < 1.29 is 116 Å². The molecule has 28 heteroatoms. The summed E-state index contributed by atoms with van der Waals surface area (Å²) in [6, 6.07) is 63.9. The zero-order chi connectivity index (χ0) is 98.3. The molecule has 0 bridgehead atoms. The number of ether oxygens (including phenoxy) is 12. The van der Waals surface area contributed by atoms with Gasteiger partial charge in [0.1, 0.15) is 96.8 Å². The third kappa shape index (κ3) is 52.3. The van der Waals surface area contributed by atoms with Gasteiger partial charge in [-0.05, 0) is 276 Å². The Morgan fingerprint density at radius 3 is 0.600 bits per heavy atom. The Balaban J connectivity index is 0.000000318. The number of carboxylic acid groups (broad SMARTS) is 4. The van der Waals surface area contributed by atoms with Gasteiger partial charge in [0, 0.05) is 77.5 Å². The van der Waals surface area contributed by atoms with Crippen LogP contribution >= 0.6 is 0 Å². The Kier molecular flexibility index (Phi) is 56.2. The van der Waals surface area contributed by atoms with Crippen molar-refractivity contribution in [1.82, 2.24) is 19.6 Å². The number of methoxy groups -OCH3 is 4. The summed E-state index contributed by atoms with van der Waals surface area (Å²) < 4.78 is 67.9.